The minimum absolute atomic E-state index is 0.415. The Kier molecular flexibility index (Phi) is 6.00. The van der Waals surface area contributed by atoms with Crippen molar-refractivity contribution in [1.29, 1.82) is 0 Å². The number of anilines is 1. The molecule has 1 aromatic carbocycles. The average molecular weight is 300 g/mol. The summed E-state index contributed by atoms with van der Waals surface area (Å²) in [5.41, 5.74) is 6.67. The highest BCUT2D eigenvalue weighted by Gasteiger charge is 2.04. The second-order valence-corrected chi connectivity index (χ2v) is 4.59. The van der Waals surface area contributed by atoms with E-state index in [2.05, 4.69) is 33.5 Å². The maximum absolute atomic E-state index is 11.0. The highest BCUT2D eigenvalue weighted by atomic mass is 79.9. The average Bonchev–Trinajstić information content (AvgIpc) is 2.30. The molecule has 0 aromatic heterocycles. The summed E-state index contributed by atoms with van der Waals surface area (Å²) in [7, 11) is 0. The van der Waals surface area contributed by atoms with E-state index in [1.807, 2.05) is 6.07 Å². The molecule has 5 heteroatoms. The predicted octanol–water partition coefficient (Wildman–Crippen LogP) is 1.96. The number of primary amides is 1. The molecule has 0 aliphatic carbocycles. The van der Waals surface area contributed by atoms with Crippen molar-refractivity contribution in [1.82, 2.24) is 5.32 Å². The molecule has 1 amide bonds. The van der Waals surface area contributed by atoms with Crippen LogP contribution >= 0.6 is 15.9 Å². The molecule has 0 bridgehead atoms. The fourth-order valence-electron chi connectivity index (χ4n) is 1.40. The monoisotopic (exact) mass is 299 g/mol. The van der Waals surface area contributed by atoms with E-state index in [-0.39, 0.29) is 0 Å². The van der Waals surface area contributed by atoms with E-state index in [4.69, 9.17) is 5.73 Å². The normalized spacial score (nSPS) is 10.2. The van der Waals surface area contributed by atoms with Crippen LogP contribution in [0.15, 0.2) is 22.7 Å². The lowest BCUT2D eigenvalue weighted by atomic mass is 10.2. The Morgan fingerprint density at radius 3 is 2.71 bits per heavy atom. The summed E-state index contributed by atoms with van der Waals surface area (Å²) < 4.78 is 0.851. The summed E-state index contributed by atoms with van der Waals surface area (Å²) >= 11 is 3.41. The van der Waals surface area contributed by atoms with Crippen LogP contribution in [0.4, 0.5) is 5.69 Å². The van der Waals surface area contributed by atoms with E-state index in [0.29, 0.717) is 5.56 Å². The molecule has 17 heavy (non-hydrogen) atoms. The van der Waals surface area contributed by atoms with Crippen molar-refractivity contribution in [3.05, 3.63) is 28.2 Å². The number of carbonyl (C=O) groups is 1. The number of halogens is 1. The minimum Gasteiger partial charge on any atom is -0.383 e. The Balaban J connectivity index is 2.46. The number of benzene rings is 1. The SMILES string of the molecule is CCCNCCNc1ccc(C(N)=O)cc1Br. The molecular weight excluding hydrogens is 282 g/mol. The first kappa shape index (κ1) is 14.0. The van der Waals surface area contributed by atoms with E-state index in [1.165, 1.54) is 0 Å². The van der Waals surface area contributed by atoms with Gasteiger partial charge in [-0.25, -0.2) is 0 Å². The lowest BCUT2D eigenvalue weighted by Crippen LogP contribution is -2.22. The van der Waals surface area contributed by atoms with Crippen molar-refractivity contribution in [3.63, 3.8) is 0 Å². The fourth-order valence-corrected chi connectivity index (χ4v) is 1.92. The molecule has 0 saturated heterocycles. The van der Waals surface area contributed by atoms with Crippen molar-refractivity contribution in [3.8, 4) is 0 Å². The van der Waals surface area contributed by atoms with E-state index in [1.54, 1.807) is 12.1 Å². The summed E-state index contributed by atoms with van der Waals surface area (Å²) in [6.07, 6.45) is 1.14. The maximum atomic E-state index is 11.0. The third-order valence-electron chi connectivity index (χ3n) is 2.30. The molecule has 1 rings (SSSR count). The van der Waals surface area contributed by atoms with Gasteiger partial charge in [0.1, 0.15) is 0 Å². The lowest BCUT2D eigenvalue weighted by molar-refractivity contribution is 0.100. The van der Waals surface area contributed by atoms with Gasteiger partial charge < -0.3 is 16.4 Å². The largest absolute Gasteiger partial charge is 0.383 e. The Morgan fingerprint density at radius 2 is 2.12 bits per heavy atom. The Labute approximate surface area is 110 Å². The van der Waals surface area contributed by atoms with Gasteiger partial charge in [-0.2, -0.15) is 0 Å². The molecule has 0 unspecified atom stereocenters. The predicted molar refractivity (Wildman–Crippen MR) is 74.3 cm³/mol. The second kappa shape index (κ2) is 7.29. The van der Waals surface area contributed by atoms with Crippen LogP contribution in [0.3, 0.4) is 0 Å². The van der Waals surface area contributed by atoms with Gasteiger partial charge in [0.2, 0.25) is 5.91 Å². The first-order chi connectivity index (χ1) is 8.15. The van der Waals surface area contributed by atoms with Crippen LogP contribution in [-0.2, 0) is 0 Å². The molecule has 0 spiro atoms. The minimum atomic E-state index is -0.415. The Hall–Kier alpha value is -1.07. The van der Waals surface area contributed by atoms with Gasteiger partial charge in [0.25, 0.3) is 0 Å². The molecule has 0 aliphatic rings. The number of nitrogens with one attached hydrogen (secondary N) is 2. The first-order valence-corrected chi connectivity index (χ1v) is 6.48. The van der Waals surface area contributed by atoms with Crippen molar-refractivity contribution >= 4 is 27.5 Å². The van der Waals surface area contributed by atoms with Crippen molar-refractivity contribution in [2.75, 3.05) is 25.0 Å². The van der Waals surface area contributed by atoms with Gasteiger partial charge in [-0.15, -0.1) is 0 Å². The molecule has 4 N–H and O–H groups in total. The summed E-state index contributed by atoms with van der Waals surface area (Å²) in [5.74, 6) is -0.415. The van der Waals surface area contributed by atoms with Crippen LogP contribution in [0.25, 0.3) is 0 Å². The zero-order chi connectivity index (χ0) is 12.7. The smallest absolute Gasteiger partial charge is 0.248 e. The van der Waals surface area contributed by atoms with Gasteiger partial charge in [0.05, 0.1) is 0 Å². The summed E-state index contributed by atoms with van der Waals surface area (Å²) in [6, 6.07) is 5.29. The molecule has 94 valence electrons. The lowest BCUT2D eigenvalue weighted by Gasteiger charge is -2.09. The fraction of sp³-hybridized carbons (Fsp3) is 0.417. The highest BCUT2D eigenvalue weighted by molar-refractivity contribution is 9.10. The van der Waals surface area contributed by atoms with E-state index >= 15 is 0 Å². The number of hydrogen-bond acceptors (Lipinski definition) is 3. The van der Waals surface area contributed by atoms with Crippen LogP contribution in [0.2, 0.25) is 0 Å². The zero-order valence-corrected chi connectivity index (χ0v) is 11.5. The van der Waals surface area contributed by atoms with Crippen LogP contribution < -0.4 is 16.4 Å². The molecule has 0 saturated carbocycles. The first-order valence-electron chi connectivity index (χ1n) is 5.69. The number of carbonyl (C=O) groups excluding carboxylic acids is 1. The van der Waals surface area contributed by atoms with Gasteiger partial charge in [-0.1, -0.05) is 6.92 Å². The van der Waals surface area contributed by atoms with Gasteiger partial charge in [0.15, 0.2) is 0 Å². The van der Waals surface area contributed by atoms with Crippen molar-refractivity contribution < 1.29 is 4.79 Å². The van der Waals surface area contributed by atoms with Gasteiger partial charge in [-0.05, 0) is 47.1 Å². The maximum Gasteiger partial charge on any atom is 0.248 e. The Morgan fingerprint density at radius 1 is 1.35 bits per heavy atom. The molecule has 4 nitrogen and oxygen atoms in total. The quantitative estimate of drug-likeness (QED) is 0.674. The number of rotatable bonds is 7. The van der Waals surface area contributed by atoms with Crippen molar-refractivity contribution in [2.24, 2.45) is 5.73 Å². The molecule has 0 fully saturated rings. The third-order valence-corrected chi connectivity index (χ3v) is 2.95. The molecule has 1 aromatic rings. The zero-order valence-electron chi connectivity index (χ0n) is 9.92. The van der Waals surface area contributed by atoms with E-state index in [9.17, 15) is 4.79 Å². The molecule has 0 atom stereocenters. The molecule has 0 heterocycles. The topological polar surface area (TPSA) is 67.2 Å². The number of amides is 1. The second-order valence-electron chi connectivity index (χ2n) is 3.74. The van der Waals surface area contributed by atoms with E-state index < -0.39 is 5.91 Å². The third kappa shape index (κ3) is 4.75. The van der Waals surface area contributed by atoms with Gasteiger partial charge in [-0.3, -0.25) is 4.79 Å². The van der Waals surface area contributed by atoms with Gasteiger partial charge in [0, 0.05) is 28.8 Å². The van der Waals surface area contributed by atoms with Crippen LogP contribution in [0.1, 0.15) is 23.7 Å². The van der Waals surface area contributed by atoms with Gasteiger partial charge >= 0.3 is 0 Å². The summed E-state index contributed by atoms with van der Waals surface area (Å²) in [5, 5.41) is 6.58. The molecular formula is C12H18BrN3O. The van der Waals surface area contributed by atoms with Crippen LogP contribution in [0, 0.1) is 0 Å². The highest BCUT2D eigenvalue weighted by Crippen LogP contribution is 2.23. The summed E-state index contributed by atoms with van der Waals surface area (Å²) in [4.78, 5) is 11.0. The Bertz CT molecular complexity index is 382. The number of nitrogens with two attached hydrogens (primary N) is 1. The van der Waals surface area contributed by atoms with Crippen LogP contribution in [-0.4, -0.2) is 25.5 Å². The van der Waals surface area contributed by atoms with Crippen LogP contribution in [0.5, 0.6) is 0 Å². The standard InChI is InChI=1S/C12H18BrN3O/c1-2-5-15-6-7-16-11-4-3-9(12(14)17)8-10(11)13/h3-4,8,15-16H,2,5-7H2,1H3,(H2,14,17). The summed E-state index contributed by atoms with van der Waals surface area (Å²) in [6.45, 7) is 4.93. The molecule has 0 radical (unpaired) electrons. The number of hydrogen-bond donors (Lipinski definition) is 3. The van der Waals surface area contributed by atoms with E-state index in [0.717, 1.165) is 36.2 Å². The van der Waals surface area contributed by atoms with Crippen molar-refractivity contribution in [2.45, 2.75) is 13.3 Å². The molecule has 0 aliphatic heterocycles.